The number of hydrogen-bond donors (Lipinski definition) is 2. The van der Waals surface area contributed by atoms with E-state index in [0.29, 0.717) is 10.7 Å². The quantitative estimate of drug-likeness (QED) is 0.748. The van der Waals surface area contributed by atoms with Crippen molar-refractivity contribution in [1.82, 2.24) is 9.71 Å². The van der Waals surface area contributed by atoms with Crippen LogP contribution in [0.2, 0.25) is 0 Å². The van der Waals surface area contributed by atoms with Crippen LogP contribution in [-0.2, 0) is 10.0 Å². The Bertz CT molecular complexity index is 1010. The van der Waals surface area contributed by atoms with Gasteiger partial charge in [0.25, 0.3) is 5.91 Å². The van der Waals surface area contributed by atoms with Gasteiger partial charge >= 0.3 is 0 Å². The Morgan fingerprint density at radius 2 is 1.83 bits per heavy atom. The molecule has 2 N–H and O–H groups in total. The third-order valence-corrected chi connectivity index (χ3v) is 5.82. The molecule has 6 nitrogen and oxygen atoms in total. The summed E-state index contributed by atoms with van der Waals surface area (Å²) in [5.74, 6) is -0.334. The molecule has 8 heteroatoms. The maximum absolute atomic E-state index is 12.3. The van der Waals surface area contributed by atoms with Crippen LogP contribution in [0.3, 0.4) is 0 Å². The average Bonchev–Trinajstić information content (AvgIpc) is 2.96. The minimum absolute atomic E-state index is 0.108. The summed E-state index contributed by atoms with van der Waals surface area (Å²) in [4.78, 5) is 16.8. The lowest BCUT2D eigenvalue weighted by molar-refractivity contribution is 0.102. The molecule has 0 unspecified atom stereocenters. The van der Waals surface area contributed by atoms with Crippen LogP contribution in [0.4, 0.5) is 5.13 Å². The van der Waals surface area contributed by atoms with Crippen molar-refractivity contribution in [3.63, 3.8) is 0 Å². The van der Waals surface area contributed by atoms with E-state index in [-0.39, 0.29) is 10.8 Å². The van der Waals surface area contributed by atoms with Crippen molar-refractivity contribution in [2.24, 2.45) is 0 Å². The summed E-state index contributed by atoms with van der Waals surface area (Å²) >= 11 is 1.40. The number of sulfonamides is 1. The van der Waals surface area contributed by atoms with Crippen LogP contribution < -0.4 is 10.0 Å². The first kappa shape index (κ1) is 16.6. The minimum atomic E-state index is -3.51. The number of nitrogens with one attached hydrogen (secondary N) is 2. The molecule has 124 valence electrons. The van der Waals surface area contributed by atoms with Crippen molar-refractivity contribution in [2.75, 3.05) is 12.4 Å². The molecule has 3 rings (SSSR count). The molecule has 2 aromatic carbocycles. The van der Waals surface area contributed by atoms with Gasteiger partial charge in [-0.1, -0.05) is 17.4 Å². The second kappa shape index (κ2) is 6.31. The van der Waals surface area contributed by atoms with Gasteiger partial charge in [0, 0.05) is 5.56 Å². The average molecular weight is 361 g/mol. The molecule has 1 heterocycles. The van der Waals surface area contributed by atoms with Crippen LogP contribution in [0.15, 0.2) is 47.4 Å². The molecule has 3 aromatic rings. The Labute approximate surface area is 143 Å². The lowest BCUT2D eigenvalue weighted by Crippen LogP contribution is -2.19. The van der Waals surface area contributed by atoms with E-state index in [1.165, 1.54) is 42.6 Å². The SMILES string of the molecule is CNS(=O)(=O)c1ccc(C(=O)Nc2nc3ccc(C)cc3s2)cc1. The molecular formula is C16H15N3O3S2. The van der Waals surface area contributed by atoms with Gasteiger partial charge < -0.3 is 0 Å². The Morgan fingerprint density at radius 3 is 2.50 bits per heavy atom. The zero-order valence-corrected chi connectivity index (χ0v) is 14.7. The van der Waals surface area contributed by atoms with Crippen molar-refractivity contribution in [3.8, 4) is 0 Å². The molecule has 0 atom stereocenters. The zero-order valence-electron chi connectivity index (χ0n) is 13.0. The van der Waals surface area contributed by atoms with E-state index in [9.17, 15) is 13.2 Å². The van der Waals surface area contributed by atoms with Gasteiger partial charge in [0.2, 0.25) is 10.0 Å². The maximum atomic E-state index is 12.3. The third kappa shape index (κ3) is 3.30. The highest BCUT2D eigenvalue weighted by Gasteiger charge is 2.14. The fraction of sp³-hybridized carbons (Fsp3) is 0.125. The number of carbonyl (C=O) groups excluding carboxylic acids is 1. The van der Waals surface area contributed by atoms with Gasteiger partial charge in [-0.15, -0.1) is 0 Å². The van der Waals surface area contributed by atoms with Crippen molar-refractivity contribution in [2.45, 2.75) is 11.8 Å². The van der Waals surface area contributed by atoms with Gasteiger partial charge in [-0.05, 0) is 55.9 Å². The van der Waals surface area contributed by atoms with E-state index >= 15 is 0 Å². The molecule has 0 saturated carbocycles. The van der Waals surface area contributed by atoms with Gasteiger partial charge in [-0.3, -0.25) is 10.1 Å². The largest absolute Gasteiger partial charge is 0.298 e. The molecule has 24 heavy (non-hydrogen) atoms. The predicted molar refractivity (Wildman–Crippen MR) is 95.0 cm³/mol. The van der Waals surface area contributed by atoms with Crippen LogP contribution in [-0.4, -0.2) is 26.4 Å². The van der Waals surface area contributed by atoms with Crippen molar-refractivity contribution in [3.05, 3.63) is 53.6 Å². The van der Waals surface area contributed by atoms with E-state index in [2.05, 4.69) is 15.0 Å². The molecule has 1 aromatic heterocycles. The third-order valence-electron chi connectivity index (χ3n) is 3.46. The summed E-state index contributed by atoms with van der Waals surface area (Å²) < 4.78 is 26.6. The number of nitrogens with zero attached hydrogens (tertiary/aromatic N) is 1. The number of carbonyl (C=O) groups is 1. The lowest BCUT2D eigenvalue weighted by Gasteiger charge is -2.04. The van der Waals surface area contributed by atoms with Crippen molar-refractivity contribution in [1.29, 1.82) is 0 Å². The molecular weight excluding hydrogens is 346 g/mol. The summed E-state index contributed by atoms with van der Waals surface area (Å²) in [5, 5.41) is 3.25. The molecule has 0 spiro atoms. The van der Waals surface area contributed by atoms with E-state index in [4.69, 9.17) is 0 Å². The van der Waals surface area contributed by atoms with E-state index in [0.717, 1.165) is 15.8 Å². The summed E-state index contributed by atoms with van der Waals surface area (Å²) in [7, 11) is -2.17. The maximum Gasteiger partial charge on any atom is 0.257 e. The summed E-state index contributed by atoms with van der Waals surface area (Å²) in [6.07, 6.45) is 0. The summed E-state index contributed by atoms with van der Waals surface area (Å²) in [6, 6.07) is 11.6. The number of hydrogen-bond acceptors (Lipinski definition) is 5. The fourth-order valence-electron chi connectivity index (χ4n) is 2.16. The van der Waals surface area contributed by atoms with Crippen LogP contribution in [0, 0.1) is 6.92 Å². The Morgan fingerprint density at radius 1 is 1.12 bits per heavy atom. The Hall–Kier alpha value is -2.29. The first-order valence-corrected chi connectivity index (χ1v) is 9.41. The summed E-state index contributed by atoms with van der Waals surface area (Å²) in [5.41, 5.74) is 2.32. The lowest BCUT2D eigenvalue weighted by atomic mass is 10.2. The molecule has 0 bridgehead atoms. The highest BCUT2D eigenvalue weighted by molar-refractivity contribution is 7.89. The second-order valence-electron chi connectivity index (χ2n) is 5.18. The molecule has 0 radical (unpaired) electrons. The van der Waals surface area contributed by atoms with Crippen LogP contribution in [0.1, 0.15) is 15.9 Å². The van der Waals surface area contributed by atoms with Gasteiger partial charge in [-0.25, -0.2) is 18.1 Å². The minimum Gasteiger partial charge on any atom is -0.298 e. The number of benzene rings is 2. The summed E-state index contributed by atoms with van der Waals surface area (Å²) in [6.45, 7) is 2.00. The van der Waals surface area contributed by atoms with E-state index < -0.39 is 10.0 Å². The molecule has 0 aliphatic carbocycles. The zero-order chi connectivity index (χ0) is 17.3. The highest BCUT2D eigenvalue weighted by Crippen LogP contribution is 2.27. The second-order valence-corrected chi connectivity index (χ2v) is 8.09. The molecule has 0 fully saturated rings. The van der Waals surface area contributed by atoms with Crippen LogP contribution >= 0.6 is 11.3 Å². The Balaban J connectivity index is 1.81. The molecule has 0 saturated heterocycles. The smallest absolute Gasteiger partial charge is 0.257 e. The first-order valence-electron chi connectivity index (χ1n) is 7.11. The van der Waals surface area contributed by atoms with Crippen molar-refractivity contribution >= 4 is 42.6 Å². The first-order chi connectivity index (χ1) is 11.4. The van der Waals surface area contributed by atoms with Gasteiger partial charge in [0.05, 0.1) is 15.1 Å². The number of thiazole rings is 1. The molecule has 0 aliphatic rings. The van der Waals surface area contributed by atoms with Crippen LogP contribution in [0.25, 0.3) is 10.2 Å². The highest BCUT2D eigenvalue weighted by atomic mass is 32.2. The number of amides is 1. The predicted octanol–water partition coefficient (Wildman–Crippen LogP) is 2.77. The number of rotatable bonds is 4. The standard InChI is InChI=1S/C16H15N3O3S2/c1-10-3-8-13-14(9-10)23-16(18-13)19-15(20)11-4-6-12(7-5-11)24(21,22)17-2/h3-9,17H,1-2H3,(H,18,19,20). The number of aryl methyl sites for hydroxylation is 1. The van der Waals surface area contributed by atoms with E-state index in [1.807, 2.05) is 25.1 Å². The van der Waals surface area contributed by atoms with Crippen LogP contribution in [0.5, 0.6) is 0 Å². The van der Waals surface area contributed by atoms with E-state index in [1.54, 1.807) is 0 Å². The number of fused-ring (bicyclic) bond motifs is 1. The topological polar surface area (TPSA) is 88.2 Å². The molecule has 1 amide bonds. The van der Waals surface area contributed by atoms with Gasteiger partial charge in [0.1, 0.15) is 0 Å². The van der Waals surface area contributed by atoms with Gasteiger partial charge in [-0.2, -0.15) is 0 Å². The van der Waals surface area contributed by atoms with Gasteiger partial charge in [0.15, 0.2) is 5.13 Å². The van der Waals surface area contributed by atoms with Crippen molar-refractivity contribution < 1.29 is 13.2 Å². The number of aromatic nitrogens is 1. The normalized spacial score (nSPS) is 11.6. The Kier molecular flexibility index (Phi) is 4.35. The monoisotopic (exact) mass is 361 g/mol. The fourth-order valence-corrected chi connectivity index (χ4v) is 3.85. The number of anilines is 1. The molecule has 0 aliphatic heterocycles.